The lowest BCUT2D eigenvalue weighted by molar-refractivity contribution is 0.559. The summed E-state index contributed by atoms with van der Waals surface area (Å²) in [5, 5.41) is 0. The van der Waals surface area contributed by atoms with Crippen LogP contribution in [0.1, 0.15) is 0 Å². The van der Waals surface area contributed by atoms with E-state index in [1.54, 1.807) is 6.08 Å². The van der Waals surface area contributed by atoms with E-state index in [1.165, 1.54) is 0 Å². The zero-order valence-corrected chi connectivity index (χ0v) is 5.02. The third kappa shape index (κ3) is 970. The molecule has 48 valence electrons. The summed E-state index contributed by atoms with van der Waals surface area (Å²) in [4.78, 5) is 0. The van der Waals surface area contributed by atoms with Gasteiger partial charge in [-0.1, -0.05) is 6.08 Å². The standard InChI is InChI=1S/C3H7N.O3S/c1-2-3-4;1-4(2)3/h2H,1,3-4H2;. The molecule has 0 aromatic carbocycles. The average Bonchev–Trinajstić information content (AvgIpc) is 1.65. The molecule has 0 aliphatic heterocycles. The SMILES string of the molecule is C=CCN.O=S(=O)=O. The van der Waals surface area contributed by atoms with Crippen LogP contribution in [0.5, 0.6) is 0 Å². The minimum Gasteiger partial charge on any atom is -0.327 e. The van der Waals surface area contributed by atoms with Crippen molar-refractivity contribution >= 4 is 10.6 Å². The maximum absolute atomic E-state index is 8.44. The van der Waals surface area contributed by atoms with E-state index in [9.17, 15) is 0 Å². The Labute approximate surface area is 49.1 Å². The number of rotatable bonds is 1. The molecule has 0 saturated carbocycles. The van der Waals surface area contributed by atoms with Gasteiger partial charge in [0.1, 0.15) is 0 Å². The number of hydrogen-bond acceptors (Lipinski definition) is 4. The molecule has 0 unspecified atom stereocenters. The first-order valence-corrected chi connectivity index (χ1v) is 2.72. The largest absolute Gasteiger partial charge is 0.425 e. The second-order valence-corrected chi connectivity index (χ2v) is 1.14. The zero-order valence-electron chi connectivity index (χ0n) is 4.20. The minimum atomic E-state index is -3.11. The molecule has 0 bridgehead atoms. The van der Waals surface area contributed by atoms with Crippen molar-refractivity contribution in [2.24, 2.45) is 5.73 Å². The molecule has 0 aliphatic carbocycles. The van der Waals surface area contributed by atoms with Crippen molar-refractivity contribution in [2.75, 3.05) is 6.54 Å². The van der Waals surface area contributed by atoms with E-state index in [-0.39, 0.29) is 0 Å². The zero-order chi connectivity index (χ0) is 6.99. The van der Waals surface area contributed by atoms with Crippen molar-refractivity contribution in [1.29, 1.82) is 0 Å². The van der Waals surface area contributed by atoms with Crippen LogP contribution >= 0.6 is 0 Å². The van der Waals surface area contributed by atoms with Gasteiger partial charge in [0.2, 0.25) is 0 Å². The lowest BCUT2D eigenvalue weighted by Crippen LogP contribution is -1.90. The van der Waals surface area contributed by atoms with Crippen LogP contribution in [0.15, 0.2) is 12.7 Å². The summed E-state index contributed by atoms with van der Waals surface area (Å²) >= 11 is 0. The van der Waals surface area contributed by atoms with Gasteiger partial charge in [0.05, 0.1) is 0 Å². The van der Waals surface area contributed by atoms with Gasteiger partial charge in [-0.25, -0.2) is 0 Å². The molecule has 0 fully saturated rings. The van der Waals surface area contributed by atoms with Crippen molar-refractivity contribution in [2.45, 2.75) is 0 Å². The summed E-state index contributed by atoms with van der Waals surface area (Å²) in [7, 11) is -3.11. The van der Waals surface area contributed by atoms with E-state index in [0.29, 0.717) is 6.54 Å². The summed E-state index contributed by atoms with van der Waals surface area (Å²) in [6.45, 7) is 3.94. The normalized spacial score (nSPS) is 6.12. The van der Waals surface area contributed by atoms with Crippen molar-refractivity contribution < 1.29 is 12.6 Å². The van der Waals surface area contributed by atoms with Crippen molar-refractivity contribution in [1.82, 2.24) is 0 Å². The molecular formula is C3H7NO3S. The van der Waals surface area contributed by atoms with E-state index >= 15 is 0 Å². The predicted octanol–water partition coefficient (Wildman–Crippen LogP) is -0.873. The van der Waals surface area contributed by atoms with E-state index < -0.39 is 10.6 Å². The fourth-order valence-corrected chi connectivity index (χ4v) is 0. The van der Waals surface area contributed by atoms with Crippen LogP contribution in [0.4, 0.5) is 0 Å². The van der Waals surface area contributed by atoms with Crippen LogP contribution in [0.3, 0.4) is 0 Å². The Kier molecular flexibility index (Phi) is 12.4. The minimum absolute atomic E-state index is 0.583. The van der Waals surface area contributed by atoms with E-state index in [2.05, 4.69) is 6.58 Å². The monoisotopic (exact) mass is 137 g/mol. The molecule has 0 radical (unpaired) electrons. The summed E-state index contributed by atoms with van der Waals surface area (Å²) in [5.74, 6) is 0. The Bertz CT molecular complexity index is 126. The molecule has 0 aromatic rings. The number of hydrogen-bond donors (Lipinski definition) is 1. The first-order valence-electron chi connectivity index (χ1n) is 1.72. The topological polar surface area (TPSA) is 77.2 Å². The van der Waals surface area contributed by atoms with Crippen molar-refractivity contribution in [3.05, 3.63) is 12.7 Å². The molecule has 0 atom stereocenters. The molecule has 0 heterocycles. The highest BCUT2D eigenvalue weighted by molar-refractivity contribution is 7.59. The predicted molar refractivity (Wildman–Crippen MR) is 28.9 cm³/mol. The van der Waals surface area contributed by atoms with Gasteiger partial charge in [-0.05, 0) is 0 Å². The van der Waals surface area contributed by atoms with Gasteiger partial charge in [0.15, 0.2) is 0 Å². The van der Waals surface area contributed by atoms with Crippen LogP contribution in [0.2, 0.25) is 0 Å². The van der Waals surface area contributed by atoms with Gasteiger partial charge in [0.25, 0.3) is 0 Å². The highest BCUT2D eigenvalue weighted by Crippen LogP contribution is 1.40. The third-order valence-electron chi connectivity index (χ3n) is 0.167. The highest BCUT2D eigenvalue weighted by Gasteiger charge is 1.43. The molecule has 5 heteroatoms. The first kappa shape index (κ1) is 10.3. The average molecular weight is 137 g/mol. The quantitative estimate of drug-likeness (QED) is 0.476. The van der Waals surface area contributed by atoms with Crippen molar-refractivity contribution in [3.8, 4) is 0 Å². The fraction of sp³-hybridized carbons (Fsp3) is 0.333. The van der Waals surface area contributed by atoms with Crippen LogP contribution in [-0.2, 0) is 10.6 Å². The van der Waals surface area contributed by atoms with Crippen LogP contribution < -0.4 is 5.73 Å². The molecule has 2 N–H and O–H groups in total. The molecule has 0 saturated heterocycles. The first-order chi connectivity index (χ1) is 3.65. The van der Waals surface area contributed by atoms with E-state index in [0.717, 1.165) is 0 Å². The maximum atomic E-state index is 8.44. The molecule has 0 aliphatic rings. The van der Waals surface area contributed by atoms with Gasteiger partial charge in [-0.3, -0.25) is 0 Å². The van der Waals surface area contributed by atoms with Crippen molar-refractivity contribution in [3.63, 3.8) is 0 Å². The van der Waals surface area contributed by atoms with Gasteiger partial charge >= 0.3 is 10.6 Å². The van der Waals surface area contributed by atoms with Gasteiger partial charge in [-0.15, -0.1) is 19.2 Å². The smallest absolute Gasteiger partial charge is 0.327 e. The molecule has 8 heavy (non-hydrogen) atoms. The molecule has 0 rings (SSSR count). The Morgan fingerprint density at radius 3 is 1.62 bits per heavy atom. The summed E-state index contributed by atoms with van der Waals surface area (Å²) < 4.78 is 25.3. The fourth-order valence-electron chi connectivity index (χ4n) is 0. The van der Waals surface area contributed by atoms with Gasteiger partial charge in [0, 0.05) is 6.54 Å². The molecule has 4 nitrogen and oxygen atoms in total. The van der Waals surface area contributed by atoms with E-state index in [4.69, 9.17) is 18.4 Å². The third-order valence-corrected chi connectivity index (χ3v) is 0.167. The van der Waals surface area contributed by atoms with Crippen LogP contribution in [0, 0.1) is 0 Å². The summed E-state index contributed by atoms with van der Waals surface area (Å²) in [5.41, 5.74) is 4.91. The molecule has 0 amide bonds. The summed E-state index contributed by atoms with van der Waals surface area (Å²) in [6.07, 6.45) is 1.65. The molecule has 0 spiro atoms. The Morgan fingerprint density at radius 2 is 1.62 bits per heavy atom. The Hall–Kier alpha value is -0.680. The van der Waals surface area contributed by atoms with E-state index in [1.807, 2.05) is 0 Å². The van der Waals surface area contributed by atoms with Gasteiger partial charge < -0.3 is 5.73 Å². The van der Waals surface area contributed by atoms with Crippen LogP contribution in [-0.4, -0.2) is 19.2 Å². The second kappa shape index (κ2) is 9.58. The lowest BCUT2D eigenvalue weighted by Gasteiger charge is -1.61. The maximum Gasteiger partial charge on any atom is 0.425 e. The summed E-state index contributed by atoms with van der Waals surface area (Å²) in [6, 6.07) is 0. The lowest BCUT2D eigenvalue weighted by atomic mass is 10.7. The second-order valence-electron chi connectivity index (χ2n) is 0.729. The molecule has 0 aromatic heterocycles. The Morgan fingerprint density at radius 1 is 1.50 bits per heavy atom. The van der Waals surface area contributed by atoms with Gasteiger partial charge in [-0.2, -0.15) is 0 Å². The Balaban J connectivity index is 0. The molecular weight excluding hydrogens is 130 g/mol. The van der Waals surface area contributed by atoms with Crippen LogP contribution in [0.25, 0.3) is 0 Å². The number of nitrogens with two attached hydrogens (primary N) is 1. The highest BCUT2D eigenvalue weighted by atomic mass is 32.2.